The van der Waals surface area contributed by atoms with E-state index in [0.29, 0.717) is 18.4 Å². The lowest BCUT2D eigenvalue weighted by Crippen LogP contribution is -2.46. The summed E-state index contributed by atoms with van der Waals surface area (Å²) in [5.41, 5.74) is 0.711. The molecule has 3 atom stereocenters. The van der Waals surface area contributed by atoms with Gasteiger partial charge >= 0.3 is 11.9 Å². The van der Waals surface area contributed by atoms with E-state index in [1.165, 1.54) is 17.5 Å². The number of carboxylic acid groups (broad SMARTS) is 1. The fourth-order valence-corrected chi connectivity index (χ4v) is 6.22. The number of methoxy groups -OCH3 is 1. The molecule has 3 unspecified atom stereocenters. The van der Waals surface area contributed by atoms with Crippen molar-refractivity contribution in [3.05, 3.63) is 35.4 Å². The Labute approximate surface area is 153 Å². The molecule has 2 fully saturated rings. The molecule has 0 aromatic heterocycles. The van der Waals surface area contributed by atoms with E-state index in [0.717, 1.165) is 19.3 Å². The van der Waals surface area contributed by atoms with Gasteiger partial charge in [-0.05, 0) is 42.9 Å². The summed E-state index contributed by atoms with van der Waals surface area (Å²) in [6, 6.07) is 5.01. The van der Waals surface area contributed by atoms with Crippen LogP contribution >= 0.6 is 0 Å². The number of fused-ring (bicyclic) bond motifs is 1. The summed E-state index contributed by atoms with van der Waals surface area (Å²) >= 11 is 0. The highest BCUT2D eigenvalue weighted by Gasteiger charge is 2.50. The molecule has 1 heterocycles. The SMILES string of the molecule is COC(=O)c1cccc(CS(=O)(=O)N2C(C(=O)O)CC3CCCCC32)c1. The van der Waals surface area contributed by atoms with Gasteiger partial charge in [-0.2, -0.15) is 4.31 Å². The molecule has 0 spiro atoms. The molecule has 1 aromatic rings. The molecule has 1 aromatic carbocycles. The zero-order valence-corrected chi connectivity index (χ0v) is 15.4. The standard InChI is InChI=1S/C18H23NO6S/c1-25-18(22)14-7-4-5-12(9-14)11-26(23,24)19-15-8-3-2-6-13(15)10-16(19)17(20)21/h4-5,7,9,13,15-16H,2-3,6,8,10-11H2,1H3,(H,20,21). The van der Waals surface area contributed by atoms with E-state index in [-0.39, 0.29) is 23.3 Å². The minimum Gasteiger partial charge on any atom is -0.480 e. The maximum absolute atomic E-state index is 13.1. The first-order valence-corrected chi connectivity index (χ1v) is 10.4. The highest BCUT2D eigenvalue weighted by Crippen LogP contribution is 2.42. The minimum atomic E-state index is -3.83. The quantitative estimate of drug-likeness (QED) is 0.783. The molecule has 3 rings (SSSR count). The van der Waals surface area contributed by atoms with Crippen LogP contribution in [-0.4, -0.2) is 49.0 Å². The number of benzene rings is 1. The summed E-state index contributed by atoms with van der Waals surface area (Å²) in [6.07, 6.45) is 3.88. The van der Waals surface area contributed by atoms with Crippen molar-refractivity contribution in [2.24, 2.45) is 5.92 Å². The molecule has 0 radical (unpaired) electrons. The fourth-order valence-electron chi connectivity index (χ4n) is 4.22. The van der Waals surface area contributed by atoms with Gasteiger partial charge in [0.2, 0.25) is 10.0 Å². The highest BCUT2D eigenvalue weighted by atomic mass is 32.2. The molecular weight excluding hydrogens is 358 g/mol. The number of sulfonamides is 1. The molecule has 0 bridgehead atoms. The third kappa shape index (κ3) is 3.61. The number of hydrogen-bond acceptors (Lipinski definition) is 5. The monoisotopic (exact) mass is 381 g/mol. The first-order chi connectivity index (χ1) is 12.3. The van der Waals surface area contributed by atoms with E-state index in [1.807, 2.05) is 0 Å². The van der Waals surface area contributed by atoms with Crippen LogP contribution in [0.15, 0.2) is 24.3 Å². The number of carboxylic acids is 1. The summed E-state index contributed by atoms with van der Waals surface area (Å²) in [5.74, 6) is -1.85. The number of carbonyl (C=O) groups is 2. The van der Waals surface area contributed by atoms with Gasteiger partial charge in [-0.3, -0.25) is 4.79 Å². The van der Waals surface area contributed by atoms with Gasteiger partial charge in [0.25, 0.3) is 0 Å². The maximum Gasteiger partial charge on any atom is 0.337 e. The van der Waals surface area contributed by atoms with Crippen molar-refractivity contribution in [3.8, 4) is 0 Å². The largest absolute Gasteiger partial charge is 0.480 e. The molecule has 1 saturated carbocycles. The Balaban J connectivity index is 1.88. The first kappa shape index (κ1) is 18.8. The van der Waals surface area contributed by atoms with Gasteiger partial charge in [0.05, 0.1) is 18.4 Å². The van der Waals surface area contributed by atoms with Crippen LogP contribution < -0.4 is 0 Å². The number of carbonyl (C=O) groups excluding carboxylic acids is 1. The highest BCUT2D eigenvalue weighted by molar-refractivity contribution is 7.88. The number of nitrogens with zero attached hydrogens (tertiary/aromatic N) is 1. The van der Waals surface area contributed by atoms with E-state index in [9.17, 15) is 23.1 Å². The van der Waals surface area contributed by atoms with Crippen LogP contribution in [0.3, 0.4) is 0 Å². The second-order valence-corrected chi connectivity index (χ2v) is 8.85. The van der Waals surface area contributed by atoms with Crippen molar-refractivity contribution < 1.29 is 27.9 Å². The Kier molecular flexibility index (Phi) is 5.34. The summed E-state index contributed by atoms with van der Waals surface area (Å²) < 4.78 is 32.0. The average Bonchev–Trinajstić information content (AvgIpc) is 3.01. The van der Waals surface area contributed by atoms with Crippen molar-refractivity contribution >= 4 is 22.0 Å². The third-order valence-corrected chi connectivity index (χ3v) is 7.20. The molecular formula is C18H23NO6S. The Morgan fingerprint density at radius 3 is 2.69 bits per heavy atom. The smallest absolute Gasteiger partial charge is 0.337 e. The predicted molar refractivity (Wildman–Crippen MR) is 94.0 cm³/mol. The lowest BCUT2D eigenvalue weighted by molar-refractivity contribution is -0.141. The number of ether oxygens (including phenoxy) is 1. The molecule has 1 aliphatic heterocycles. The van der Waals surface area contributed by atoms with E-state index in [1.54, 1.807) is 18.2 Å². The number of hydrogen-bond donors (Lipinski definition) is 1. The van der Waals surface area contributed by atoms with Gasteiger partial charge in [0, 0.05) is 6.04 Å². The van der Waals surface area contributed by atoms with E-state index < -0.39 is 28.0 Å². The Morgan fingerprint density at radius 1 is 1.27 bits per heavy atom. The third-order valence-electron chi connectivity index (χ3n) is 5.33. The number of aliphatic carboxylic acids is 1. The lowest BCUT2D eigenvalue weighted by atomic mass is 9.85. The van der Waals surface area contributed by atoms with Gasteiger partial charge in [-0.25, -0.2) is 13.2 Å². The topological polar surface area (TPSA) is 101 Å². The van der Waals surface area contributed by atoms with E-state index in [4.69, 9.17) is 0 Å². The first-order valence-electron chi connectivity index (χ1n) is 8.75. The summed E-state index contributed by atoms with van der Waals surface area (Å²) in [6.45, 7) is 0. The second kappa shape index (κ2) is 7.36. The van der Waals surface area contributed by atoms with Crippen LogP contribution in [0.4, 0.5) is 0 Å². The van der Waals surface area contributed by atoms with Crippen molar-refractivity contribution in [1.29, 1.82) is 0 Å². The molecule has 7 nitrogen and oxygen atoms in total. The predicted octanol–water partition coefficient (Wildman–Crippen LogP) is 2.02. The molecule has 2 aliphatic rings. The van der Waals surface area contributed by atoms with Crippen LogP contribution in [-0.2, 0) is 25.3 Å². The van der Waals surface area contributed by atoms with Gasteiger partial charge in [-0.1, -0.05) is 25.0 Å². The summed E-state index contributed by atoms with van der Waals surface area (Å²) in [5, 5.41) is 9.54. The Bertz CT molecular complexity index is 806. The summed E-state index contributed by atoms with van der Waals surface area (Å²) in [4.78, 5) is 23.3. The van der Waals surface area contributed by atoms with Crippen molar-refractivity contribution in [3.63, 3.8) is 0 Å². The molecule has 8 heteroatoms. The number of rotatable bonds is 5. The Morgan fingerprint density at radius 2 is 2.00 bits per heavy atom. The van der Waals surface area contributed by atoms with Crippen LogP contribution in [0.5, 0.6) is 0 Å². The van der Waals surface area contributed by atoms with E-state index in [2.05, 4.69) is 4.74 Å². The molecule has 1 saturated heterocycles. The normalized spacial score (nSPS) is 26.3. The lowest BCUT2D eigenvalue weighted by Gasteiger charge is -2.32. The van der Waals surface area contributed by atoms with Crippen LogP contribution in [0.1, 0.15) is 48.0 Å². The van der Waals surface area contributed by atoms with Crippen molar-refractivity contribution in [2.45, 2.75) is 49.9 Å². The van der Waals surface area contributed by atoms with E-state index >= 15 is 0 Å². The van der Waals surface area contributed by atoms with Crippen LogP contribution in [0, 0.1) is 5.92 Å². The molecule has 1 aliphatic carbocycles. The molecule has 26 heavy (non-hydrogen) atoms. The maximum atomic E-state index is 13.1. The average molecular weight is 381 g/mol. The van der Waals surface area contributed by atoms with Crippen LogP contribution in [0.2, 0.25) is 0 Å². The minimum absolute atomic E-state index is 0.112. The van der Waals surface area contributed by atoms with Gasteiger partial charge < -0.3 is 9.84 Å². The molecule has 1 N–H and O–H groups in total. The van der Waals surface area contributed by atoms with Gasteiger partial charge in [-0.15, -0.1) is 0 Å². The van der Waals surface area contributed by atoms with Gasteiger partial charge in [0.1, 0.15) is 6.04 Å². The molecule has 142 valence electrons. The molecule has 0 amide bonds. The van der Waals surface area contributed by atoms with Crippen molar-refractivity contribution in [2.75, 3.05) is 7.11 Å². The second-order valence-electron chi connectivity index (χ2n) is 6.98. The summed E-state index contributed by atoms with van der Waals surface area (Å²) in [7, 11) is -2.57. The number of esters is 1. The van der Waals surface area contributed by atoms with Gasteiger partial charge in [0.15, 0.2) is 0 Å². The van der Waals surface area contributed by atoms with Crippen LogP contribution in [0.25, 0.3) is 0 Å². The zero-order chi connectivity index (χ0) is 18.9. The Hall–Kier alpha value is -1.93. The fraction of sp³-hybridized carbons (Fsp3) is 0.556. The zero-order valence-electron chi connectivity index (χ0n) is 14.6. The van der Waals surface area contributed by atoms with Crippen molar-refractivity contribution in [1.82, 2.24) is 4.31 Å².